The molecule has 28 heavy (non-hydrogen) atoms. The van der Waals surface area contributed by atoms with Gasteiger partial charge in [0.1, 0.15) is 5.52 Å². The fourth-order valence-corrected chi connectivity index (χ4v) is 3.60. The van der Waals surface area contributed by atoms with Crippen molar-refractivity contribution in [1.29, 1.82) is 0 Å². The maximum Gasteiger partial charge on any atom is 0.222 e. The normalized spacial score (nSPS) is 20.3. The number of carbonyl (C=O) groups is 1. The van der Waals surface area contributed by atoms with Gasteiger partial charge in [-0.1, -0.05) is 23.4 Å². The Hall–Kier alpha value is -2.84. The quantitative estimate of drug-likeness (QED) is 0.662. The van der Waals surface area contributed by atoms with Gasteiger partial charge in [0.25, 0.3) is 0 Å². The molecular weight excluding hydrogens is 356 g/mol. The van der Waals surface area contributed by atoms with Crippen LogP contribution in [0.2, 0.25) is 0 Å². The summed E-state index contributed by atoms with van der Waals surface area (Å²) in [7, 11) is 0. The molecule has 0 bridgehead atoms. The molecule has 1 aliphatic heterocycles. The fraction of sp³-hybridized carbons (Fsp3) is 0.400. The minimum atomic E-state index is -0.589. The van der Waals surface area contributed by atoms with Gasteiger partial charge in [0.15, 0.2) is 0 Å². The van der Waals surface area contributed by atoms with E-state index in [1.165, 1.54) is 0 Å². The van der Waals surface area contributed by atoms with Crippen LogP contribution in [-0.4, -0.2) is 61.1 Å². The molecule has 8 heteroatoms. The molecular formula is C20H24N6O2. The molecule has 2 N–H and O–H groups in total. The van der Waals surface area contributed by atoms with Crippen LogP contribution >= 0.6 is 0 Å². The van der Waals surface area contributed by atoms with Crippen LogP contribution < -0.4 is 5.32 Å². The summed E-state index contributed by atoms with van der Waals surface area (Å²) < 4.78 is 1.74. The molecule has 2 atom stereocenters. The lowest BCUT2D eigenvalue weighted by Gasteiger charge is -2.36. The number of fused-ring (bicyclic) bond motifs is 1. The molecule has 3 aromatic rings. The Kier molecular flexibility index (Phi) is 5.59. The highest BCUT2D eigenvalue weighted by Crippen LogP contribution is 2.14. The molecule has 8 nitrogen and oxygen atoms in total. The summed E-state index contributed by atoms with van der Waals surface area (Å²) in [6.07, 6.45) is 2.20. The van der Waals surface area contributed by atoms with Crippen molar-refractivity contribution in [2.45, 2.75) is 38.1 Å². The van der Waals surface area contributed by atoms with E-state index in [4.69, 9.17) is 0 Å². The maximum absolute atomic E-state index is 12.4. The molecule has 0 aliphatic carbocycles. The van der Waals surface area contributed by atoms with Crippen LogP contribution in [0.15, 0.2) is 48.7 Å². The smallest absolute Gasteiger partial charge is 0.222 e. The van der Waals surface area contributed by atoms with Crippen LogP contribution in [0.1, 0.15) is 18.5 Å². The zero-order valence-corrected chi connectivity index (χ0v) is 15.6. The first kappa shape index (κ1) is 18.5. The Morgan fingerprint density at radius 1 is 1.21 bits per heavy atom. The number of pyridine rings is 1. The molecule has 1 saturated heterocycles. The first-order chi connectivity index (χ1) is 13.7. The van der Waals surface area contributed by atoms with Crippen LogP contribution in [0.3, 0.4) is 0 Å². The molecule has 1 aliphatic rings. The average Bonchev–Trinajstić information content (AvgIpc) is 3.12. The van der Waals surface area contributed by atoms with Crippen molar-refractivity contribution in [3.05, 3.63) is 54.4 Å². The van der Waals surface area contributed by atoms with Crippen LogP contribution in [0.25, 0.3) is 11.0 Å². The third kappa shape index (κ3) is 4.35. The highest BCUT2D eigenvalue weighted by molar-refractivity contribution is 5.77. The van der Waals surface area contributed by atoms with E-state index in [1.807, 2.05) is 42.5 Å². The van der Waals surface area contributed by atoms with Crippen LogP contribution in [0.4, 0.5) is 0 Å². The first-order valence-electron chi connectivity index (χ1n) is 9.57. The van der Waals surface area contributed by atoms with Crippen LogP contribution in [-0.2, 0) is 17.9 Å². The summed E-state index contributed by atoms with van der Waals surface area (Å²) in [5.41, 5.74) is 2.72. The number of para-hydroxylation sites is 1. The molecule has 1 fully saturated rings. The van der Waals surface area contributed by atoms with Gasteiger partial charge in [0.2, 0.25) is 5.91 Å². The number of benzene rings is 1. The molecule has 3 heterocycles. The molecule has 0 spiro atoms. The van der Waals surface area contributed by atoms with E-state index in [2.05, 4.69) is 25.5 Å². The van der Waals surface area contributed by atoms with Crippen molar-refractivity contribution in [3.63, 3.8) is 0 Å². The van der Waals surface area contributed by atoms with Crippen LogP contribution in [0.5, 0.6) is 0 Å². The average molecular weight is 380 g/mol. The lowest BCUT2D eigenvalue weighted by Crippen LogP contribution is -2.53. The fourth-order valence-electron chi connectivity index (χ4n) is 3.60. The molecule has 0 saturated carbocycles. The number of carbonyl (C=O) groups excluding carboxylic acids is 1. The number of aliphatic hydroxyl groups excluding tert-OH is 1. The van der Waals surface area contributed by atoms with Crippen LogP contribution in [0, 0.1) is 0 Å². The Balaban J connectivity index is 1.26. The second kappa shape index (κ2) is 8.45. The Labute approximate surface area is 163 Å². The zero-order chi connectivity index (χ0) is 19.3. The SMILES string of the molecule is O=C(CCn1nnc2ccccc21)N[C@@H]1CCN(Cc2ccccn2)C[C@H]1O. The largest absolute Gasteiger partial charge is 0.390 e. The number of hydrogen-bond donors (Lipinski definition) is 2. The van der Waals surface area contributed by atoms with E-state index in [9.17, 15) is 9.90 Å². The van der Waals surface area contributed by atoms with E-state index >= 15 is 0 Å². The van der Waals surface area contributed by atoms with Gasteiger partial charge < -0.3 is 10.4 Å². The van der Waals surface area contributed by atoms with Gasteiger partial charge in [-0.3, -0.25) is 14.7 Å². The predicted molar refractivity (Wildman–Crippen MR) is 104 cm³/mol. The number of β-amino-alcohol motifs (C(OH)–C–C–N with tert-alkyl or cyclic N) is 1. The topological polar surface area (TPSA) is 96.2 Å². The van der Waals surface area contributed by atoms with Gasteiger partial charge >= 0.3 is 0 Å². The third-order valence-electron chi connectivity index (χ3n) is 5.10. The zero-order valence-electron chi connectivity index (χ0n) is 15.6. The Bertz CT molecular complexity index is 929. The van der Waals surface area contributed by atoms with Crippen molar-refractivity contribution in [2.24, 2.45) is 0 Å². The number of amides is 1. The first-order valence-corrected chi connectivity index (χ1v) is 9.57. The summed E-state index contributed by atoms with van der Waals surface area (Å²) in [4.78, 5) is 18.8. The Morgan fingerprint density at radius 3 is 2.89 bits per heavy atom. The second-order valence-corrected chi connectivity index (χ2v) is 7.14. The van der Waals surface area contributed by atoms with Gasteiger partial charge in [-0.2, -0.15) is 0 Å². The molecule has 0 radical (unpaired) electrons. The van der Waals surface area contributed by atoms with Crippen molar-refractivity contribution >= 4 is 16.9 Å². The number of nitrogens with one attached hydrogen (secondary N) is 1. The number of aromatic nitrogens is 4. The molecule has 1 aromatic carbocycles. The highest BCUT2D eigenvalue weighted by atomic mass is 16.3. The number of aryl methyl sites for hydroxylation is 1. The molecule has 146 valence electrons. The molecule has 0 unspecified atom stereocenters. The number of aliphatic hydroxyl groups is 1. The van der Waals surface area contributed by atoms with Gasteiger partial charge in [0, 0.05) is 32.3 Å². The summed E-state index contributed by atoms with van der Waals surface area (Å²) in [6.45, 7) is 2.50. The third-order valence-corrected chi connectivity index (χ3v) is 5.10. The van der Waals surface area contributed by atoms with E-state index in [0.717, 1.165) is 23.3 Å². The van der Waals surface area contributed by atoms with Crippen molar-refractivity contribution in [2.75, 3.05) is 13.1 Å². The van der Waals surface area contributed by atoms with Gasteiger partial charge in [0.05, 0.1) is 29.9 Å². The second-order valence-electron chi connectivity index (χ2n) is 7.14. The Morgan fingerprint density at radius 2 is 2.07 bits per heavy atom. The lowest BCUT2D eigenvalue weighted by molar-refractivity contribution is -0.123. The standard InChI is InChI=1S/C20H24N6O2/c27-19-14-25(13-15-5-3-4-10-21-15)11-8-17(19)22-20(28)9-12-26-18-7-2-1-6-16(18)23-24-26/h1-7,10,17,19,27H,8-9,11-14H2,(H,22,28)/t17-,19-/m1/s1. The highest BCUT2D eigenvalue weighted by Gasteiger charge is 2.28. The van der Waals surface area contributed by atoms with E-state index in [-0.39, 0.29) is 11.9 Å². The summed E-state index contributed by atoms with van der Waals surface area (Å²) in [5, 5.41) is 21.6. The van der Waals surface area contributed by atoms with E-state index in [0.29, 0.717) is 32.5 Å². The molecule has 1 amide bonds. The lowest BCUT2D eigenvalue weighted by atomic mass is 10.0. The van der Waals surface area contributed by atoms with Gasteiger partial charge in [-0.15, -0.1) is 5.10 Å². The van der Waals surface area contributed by atoms with Crippen molar-refractivity contribution < 1.29 is 9.90 Å². The van der Waals surface area contributed by atoms with Gasteiger partial charge in [-0.25, -0.2) is 4.68 Å². The summed E-state index contributed by atoms with van der Waals surface area (Å²) >= 11 is 0. The number of likely N-dealkylation sites (tertiary alicyclic amines) is 1. The van der Waals surface area contributed by atoms with Crippen molar-refractivity contribution in [3.8, 4) is 0 Å². The maximum atomic E-state index is 12.4. The number of hydrogen-bond acceptors (Lipinski definition) is 6. The monoisotopic (exact) mass is 380 g/mol. The van der Waals surface area contributed by atoms with E-state index in [1.54, 1.807) is 10.9 Å². The number of nitrogens with zero attached hydrogens (tertiary/aromatic N) is 5. The predicted octanol–water partition coefficient (Wildman–Crippen LogP) is 0.968. The number of piperidine rings is 1. The van der Waals surface area contributed by atoms with Crippen molar-refractivity contribution in [1.82, 2.24) is 30.2 Å². The minimum absolute atomic E-state index is 0.0817. The molecule has 4 rings (SSSR count). The minimum Gasteiger partial charge on any atom is -0.390 e. The molecule has 2 aromatic heterocycles. The summed E-state index contributed by atoms with van der Waals surface area (Å²) in [5.74, 6) is -0.0817. The van der Waals surface area contributed by atoms with Gasteiger partial charge in [-0.05, 0) is 30.7 Å². The van der Waals surface area contributed by atoms with E-state index < -0.39 is 6.10 Å². The summed E-state index contributed by atoms with van der Waals surface area (Å²) in [6, 6.07) is 13.3. The number of rotatable bonds is 6.